The van der Waals surface area contributed by atoms with Gasteiger partial charge in [0.05, 0.1) is 0 Å². The molecule has 10 heteroatoms. The van der Waals surface area contributed by atoms with Crippen LogP contribution < -0.4 is 12.5 Å². The molecule has 0 spiro atoms. The third-order valence-corrected chi connectivity index (χ3v) is 7.97. The van der Waals surface area contributed by atoms with Gasteiger partial charge in [0.15, 0.2) is 0 Å². The van der Waals surface area contributed by atoms with Gasteiger partial charge >= 0.3 is 179 Å². The Labute approximate surface area is 177 Å². The van der Waals surface area contributed by atoms with Gasteiger partial charge in [0, 0.05) is 0 Å². The summed E-state index contributed by atoms with van der Waals surface area (Å²) in [7, 11) is 0.275. The number of thiazole rings is 1. The van der Waals surface area contributed by atoms with Crippen LogP contribution >= 0.6 is 22.9 Å². The molecule has 0 bridgehead atoms. The summed E-state index contributed by atoms with van der Waals surface area (Å²) >= 11 is 8.04. The van der Waals surface area contributed by atoms with Gasteiger partial charge in [-0.1, -0.05) is 0 Å². The van der Waals surface area contributed by atoms with E-state index in [9.17, 15) is 8.60 Å². The van der Waals surface area contributed by atoms with Gasteiger partial charge in [-0.05, 0) is 0 Å². The molecule has 3 rings (SSSR count). The first-order chi connectivity index (χ1) is 12.4. The van der Waals surface area contributed by atoms with Crippen molar-refractivity contribution >= 4 is 72.9 Å². The van der Waals surface area contributed by atoms with Crippen LogP contribution in [-0.4, -0.2) is 47.0 Å². The van der Waals surface area contributed by atoms with Crippen molar-refractivity contribution in [1.82, 2.24) is 9.97 Å². The number of pyridine rings is 1. The van der Waals surface area contributed by atoms with Crippen LogP contribution in [0, 0.1) is 12.7 Å². The van der Waals surface area contributed by atoms with E-state index in [2.05, 4.69) is 20.0 Å². The number of hydrogen-bond donors (Lipinski definition) is 2. The van der Waals surface area contributed by atoms with Crippen molar-refractivity contribution in [2.24, 2.45) is 0 Å². The molecule has 1 unspecified atom stereocenters. The first kappa shape index (κ1) is 19.6. The van der Waals surface area contributed by atoms with Gasteiger partial charge in [0.2, 0.25) is 0 Å². The summed E-state index contributed by atoms with van der Waals surface area (Å²) < 4.78 is 29.9. The van der Waals surface area contributed by atoms with Gasteiger partial charge in [0.25, 0.3) is 0 Å². The second-order valence-electron chi connectivity index (χ2n) is 5.29. The van der Waals surface area contributed by atoms with E-state index >= 15 is 0 Å². The van der Waals surface area contributed by atoms with Crippen molar-refractivity contribution in [3.8, 4) is 11.3 Å². The molecule has 1 atom stereocenters. The first-order valence-corrected chi connectivity index (χ1v) is 11.7. The Morgan fingerprint density at radius 3 is 2.77 bits per heavy atom. The molecular weight excluding hydrogens is 590 g/mol. The predicted molar refractivity (Wildman–Crippen MR) is 106 cm³/mol. The Morgan fingerprint density at radius 2 is 2.12 bits per heavy atom. The van der Waals surface area contributed by atoms with Crippen molar-refractivity contribution in [3.63, 3.8) is 0 Å². The number of rotatable bonds is 5. The van der Waals surface area contributed by atoms with Crippen LogP contribution in [-0.2, 0) is 11.0 Å². The van der Waals surface area contributed by atoms with Crippen molar-refractivity contribution in [2.75, 3.05) is 17.1 Å². The van der Waals surface area contributed by atoms with Gasteiger partial charge in [-0.3, -0.25) is 0 Å². The molecule has 133 valence electrons. The topological polar surface area (TPSA) is 66.9 Å². The van der Waals surface area contributed by atoms with E-state index in [4.69, 9.17) is 11.6 Å². The molecule has 5 nitrogen and oxygen atoms in total. The monoisotopic (exact) mass is 603 g/mol. The zero-order chi connectivity index (χ0) is 18.8. The van der Waals surface area contributed by atoms with Gasteiger partial charge in [0.1, 0.15) is 0 Å². The Bertz CT molecular complexity index is 998. The summed E-state index contributed by atoms with van der Waals surface area (Å²) in [6, 6.07) is 6.39. The standard InChI is InChI=1S/C16H13ClFN4OS2.Pb/c1-9-5-11(19-2)7-20-15(9)25(23)22-16-21-14(8-24-16)10-3-4-13(18)12(17)6-10;/h3-7,19H,1-2H3,(H,21,22);. The minimum absolute atomic E-state index is 0.0547. The van der Waals surface area contributed by atoms with Crippen LogP contribution in [0.2, 0.25) is 5.02 Å². The minimum atomic E-state index is -1.53. The fourth-order valence-electron chi connectivity index (χ4n) is 2.22. The average molecular weight is 603 g/mol. The molecule has 0 amide bonds. The van der Waals surface area contributed by atoms with Crippen LogP contribution in [0.1, 0.15) is 5.56 Å². The van der Waals surface area contributed by atoms with Crippen LogP contribution in [0.4, 0.5) is 15.2 Å². The molecular formula is C16H13ClFN4OPbS2. The van der Waals surface area contributed by atoms with Crippen LogP contribution in [0.5, 0.6) is 0 Å². The quantitative estimate of drug-likeness (QED) is 0.440. The van der Waals surface area contributed by atoms with Gasteiger partial charge < -0.3 is 0 Å². The molecule has 2 aromatic heterocycles. The van der Waals surface area contributed by atoms with E-state index in [0.717, 1.165) is 50.7 Å². The summed E-state index contributed by atoms with van der Waals surface area (Å²) in [6.07, 6.45) is 1.63. The molecule has 0 aliphatic carbocycles. The maximum atomic E-state index is 13.4. The Kier molecular flexibility index (Phi) is 6.26. The fraction of sp³-hybridized carbons (Fsp3) is 0.125. The molecule has 2 N–H and O–H groups in total. The Morgan fingerprint density at radius 1 is 1.35 bits per heavy atom. The number of nitrogens with zero attached hydrogens (tertiary/aromatic N) is 2. The summed E-state index contributed by atoms with van der Waals surface area (Å²) in [5.74, 6) is -0.466. The number of benzene rings is 1. The zero-order valence-electron chi connectivity index (χ0n) is 13.8. The van der Waals surface area contributed by atoms with Crippen molar-refractivity contribution < 1.29 is 8.60 Å². The molecule has 1 aromatic carbocycles. The van der Waals surface area contributed by atoms with E-state index in [1.807, 2.05) is 13.0 Å². The first-order valence-electron chi connectivity index (χ1n) is 7.39. The third kappa shape index (κ3) is 4.24. The summed E-state index contributed by atoms with van der Waals surface area (Å²) in [5.41, 5.74) is 3.15. The van der Waals surface area contributed by atoms with E-state index < -0.39 is 16.8 Å². The summed E-state index contributed by atoms with van der Waals surface area (Å²) in [5, 5.41) is 4.04. The van der Waals surface area contributed by atoms with E-state index in [1.54, 1.807) is 25.4 Å². The van der Waals surface area contributed by atoms with Crippen LogP contribution in [0.15, 0.2) is 35.5 Å². The third-order valence-electron chi connectivity index (χ3n) is 3.49. The second kappa shape index (κ2) is 8.28. The molecule has 0 saturated heterocycles. The normalized spacial score (nSPS) is 12.0. The molecule has 26 heavy (non-hydrogen) atoms. The van der Waals surface area contributed by atoms with Gasteiger partial charge in [-0.15, -0.1) is 0 Å². The molecule has 0 aliphatic heterocycles. The number of aryl methyl sites for hydroxylation is 1. The van der Waals surface area contributed by atoms with Crippen molar-refractivity contribution in [3.05, 3.63) is 46.9 Å². The van der Waals surface area contributed by atoms with Crippen molar-refractivity contribution in [2.45, 2.75) is 11.9 Å². The Balaban J connectivity index is 1.85. The molecule has 3 radical (unpaired) electrons. The number of nitrogens with one attached hydrogen (secondary N) is 2. The van der Waals surface area contributed by atoms with E-state index in [1.165, 1.54) is 17.4 Å². The van der Waals surface area contributed by atoms with E-state index in [-0.39, 0.29) is 5.02 Å². The molecule has 0 saturated carbocycles. The number of hydrogen-bond acceptors (Lipinski definition) is 5. The molecule has 0 fully saturated rings. The van der Waals surface area contributed by atoms with Crippen LogP contribution in [0.25, 0.3) is 11.3 Å². The van der Waals surface area contributed by atoms with Gasteiger partial charge in [-0.2, -0.15) is 0 Å². The molecule has 2 heterocycles. The van der Waals surface area contributed by atoms with Gasteiger partial charge in [-0.25, -0.2) is 0 Å². The fourth-order valence-corrected chi connectivity index (χ4v) is 6.09. The average Bonchev–Trinajstić information content (AvgIpc) is 2.97. The molecule has 3 aromatic rings. The SMILES string of the molecule is CNc1cnc(S(=O)Nc2nc(-c3ccc(F)c(Cl)c3)[c]([Pb])s2)c(C)c1. The maximum absolute atomic E-state index is 13.4. The van der Waals surface area contributed by atoms with Crippen LogP contribution in [0.3, 0.4) is 0 Å². The molecule has 0 aliphatic rings. The van der Waals surface area contributed by atoms with E-state index in [0.29, 0.717) is 10.2 Å². The van der Waals surface area contributed by atoms with Crippen molar-refractivity contribution in [1.29, 1.82) is 0 Å². The Hall–Kier alpha value is -1.11. The summed E-state index contributed by atoms with van der Waals surface area (Å²) in [4.78, 5) is 8.76. The second-order valence-corrected chi connectivity index (χ2v) is 11.2. The zero-order valence-corrected chi connectivity index (χ0v) is 20.0. The number of anilines is 2. The predicted octanol–water partition coefficient (Wildman–Crippen LogP) is 3.28. The number of aromatic nitrogens is 2. The number of halogens is 2. The summed E-state index contributed by atoms with van der Waals surface area (Å²) in [6.45, 7) is 1.86.